The second-order valence-corrected chi connectivity index (χ2v) is 12.5. The lowest BCUT2D eigenvalue weighted by Crippen LogP contribution is -2.23. The number of halogens is 1. The molecule has 4 atom stereocenters. The molecule has 0 amide bonds. The van der Waals surface area contributed by atoms with Gasteiger partial charge in [-0.05, 0) is 62.8 Å². The normalized spacial score (nSPS) is 29.9. The van der Waals surface area contributed by atoms with Gasteiger partial charge < -0.3 is 24.1 Å². The Morgan fingerprint density at radius 2 is 1.56 bits per heavy atom. The van der Waals surface area contributed by atoms with E-state index in [1.165, 1.54) is 38.5 Å². The van der Waals surface area contributed by atoms with Crippen LogP contribution >= 0.6 is 11.6 Å². The first kappa shape index (κ1) is 28.8. The zero-order chi connectivity index (χ0) is 27.2. The Labute approximate surface area is 238 Å². The number of rotatable bonds is 6. The summed E-state index contributed by atoms with van der Waals surface area (Å²) >= 11 is 6.97. The fourth-order valence-corrected chi connectivity index (χ4v) is 6.75. The van der Waals surface area contributed by atoms with Crippen molar-refractivity contribution in [1.29, 1.82) is 0 Å². The van der Waals surface area contributed by atoms with Crippen molar-refractivity contribution in [3.8, 4) is 11.5 Å². The largest absolute Gasteiger partial charge is 0.492 e. The predicted octanol–water partition coefficient (Wildman–Crippen LogP) is 7.21. The third-order valence-electron chi connectivity index (χ3n) is 8.84. The number of allylic oxidation sites excluding steroid dienone is 1. The van der Waals surface area contributed by atoms with E-state index >= 15 is 0 Å². The highest BCUT2D eigenvalue weighted by Gasteiger charge is 2.40. The van der Waals surface area contributed by atoms with Crippen LogP contribution in [0.2, 0.25) is 5.02 Å². The summed E-state index contributed by atoms with van der Waals surface area (Å²) in [6.07, 6.45) is 17.6. The van der Waals surface area contributed by atoms with Gasteiger partial charge in [0.2, 0.25) is 0 Å². The Morgan fingerprint density at radius 1 is 0.923 bits per heavy atom. The number of carbonyl (C=O) groups is 1. The van der Waals surface area contributed by atoms with E-state index in [-0.39, 0.29) is 24.7 Å². The maximum absolute atomic E-state index is 13.7. The molecule has 7 heteroatoms. The van der Waals surface area contributed by atoms with Crippen LogP contribution in [0.1, 0.15) is 106 Å². The molecule has 1 N–H and O–H groups in total. The first-order valence-corrected chi connectivity index (χ1v) is 15.7. The molecule has 2 aliphatic heterocycles. The number of hydrogen-bond acceptors (Lipinski definition) is 6. The van der Waals surface area contributed by atoms with E-state index in [2.05, 4.69) is 0 Å². The molecule has 216 valence electrons. The van der Waals surface area contributed by atoms with Crippen LogP contribution in [0.3, 0.4) is 0 Å². The van der Waals surface area contributed by atoms with Crippen molar-refractivity contribution in [2.45, 2.75) is 121 Å². The molecule has 0 radical (unpaired) electrons. The monoisotopic (exact) mass is 560 g/mol. The number of ether oxygens (including phenoxy) is 4. The van der Waals surface area contributed by atoms with Crippen molar-refractivity contribution in [3.63, 3.8) is 0 Å². The number of epoxide rings is 1. The zero-order valence-corrected chi connectivity index (χ0v) is 24.1. The van der Waals surface area contributed by atoms with E-state index in [0.29, 0.717) is 59.1 Å². The third-order valence-corrected chi connectivity index (χ3v) is 9.26. The van der Waals surface area contributed by atoms with Gasteiger partial charge in [-0.3, -0.25) is 0 Å². The number of aliphatic hydroxyl groups is 1. The summed E-state index contributed by atoms with van der Waals surface area (Å²) in [6.45, 7) is 3.04. The summed E-state index contributed by atoms with van der Waals surface area (Å²) in [5.41, 5.74) is 0.842. The van der Waals surface area contributed by atoms with Gasteiger partial charge in [-0.1, -0.05) is 62.3 Å². The average Bonchev–Trinajstić information content (AvgIpc) is 3.68. The van der Waals surface area contributed by atoms with Gasteiger partial charge in [0.05, 0.1) is 36.5 Å². The molecule has 1 aromatic rings. The van der Waals surface area contributed by atoms with E-state index in [1.807, 2.05) is 13.0 Å². The molecule has 2 heterocycles. The Hall–Kier alpha value is -1.76. The molecule has 0 unspecified atom stereocenters. The van der Waals surface area contributed by atoms with Crippen LogP contribution in [0.15, 0.2) is 18.2 Å². The average molecular weight is 561 g/mol. The maximum Gasteiger partial charge on any atom is 0.342 e. The van der Waals surface area contributed by atoms with E-state index in [0.717, 1.165) is 38.5 Å². The summed E-state index contributed by atoms with van der Waals surface area (Å²) in [5.74, 6) is 1.46. The lowest BCUT2D eigenvalue weighted by Gasteiger charge is -2.26. The van der Waals surface area contributed by atoms with Gasteiger partial charge >= 0.3 is 5.97 Å². The number of cyclic esters (lactones) is 1. The summed E-state index contributed by atoms with van der Waals surface area (Å²) in [4.78, 5) is 13.7. The zero-order valence-electron chi connectivity index (χ0n) is 23.4. The second-order valence-electron chi connectivity index (χ2n) is 12.1. The van der Waals surface area contributed by atoms with Crippen LogP contribution in [0, 0.1) is 11.8 Å². The highest BCUT2D eigenvalue weighted by atomic mass is 35.5. The summed E-state index contributed by atoms with van der Waals surface area (Å²) in [5, 5.41) is 11.3. The van der Waals surface area contributed by atoms with Crippen LogP contribution < -0.4 is 9.47 Å². The highest BCUT2D eigenvalue weighted by Crippen LogP contribution is 2.41. The molecule has 1 saturated heterocycles. The van der Waals surface area contributed by atoms with Gasteiger partial charge in [0.25, 0.3) is 0 Å². The minimum absolute atomic E-state index is 0.106. The minimum Gasteiger partial charge on any atom is -0.492 e. The fraction of sp³-hybridized carbons (Fsp3) is 0.719. The van der Waals surface area contributed by atoms with Crippen LogP contribution in [0.5, 0.6) is 11.5 Å². The highest BCUT2D eigenvalue weighted by molar-refractivity contribution is 6.33. The fourth-order valence-electron chi connectivity index (χ4n) is 6.47. The quantitative estimate of drug-likeness (QED) is 0.225. The topological polar surface area (TPSA) is 77.5 Å². The third kappa shape index (κ3) is 7.92. The number of aliphatic hydroxyl groups excluding tert-OH is 1. The predicted molar refractivity (Wildman–Crippen MR) is 152 cm³/mol. The first-order valence-electron chi connectivity index (χ1n) is 15.3. The van der Waals surface area contributed by atoms with Crippen molar-refractivity contribution in [2.24, 2.45) is 11.8 Å². The number of carbonyl (C=O) groups excluding carboxylic acids is 1. The van der Waals surface area contributed by atoms with E-state index in [9.17, 15) is 9.90 Å². The molecule has 0 spiro atoms. The van der Waals surface area contributed by atoms with Gasteiger partial charge in [-0.25, -0.2) is 4.79 Å². The smallest absolute Gasteiger partial charge is 0.342 e. The second kappa shape index (κ2) is 13.7. The molecular formula is C32H45ClO6. The Balaban J connectivity index is 1.46. The van der Waals surface area contributed by atoms with Crippen LogP contribution in [-0.4, -0.2) is 48.7 Å². The molecule has 0 bridgehead atoms. The van der Waals surface area contributed by atoms with Crippen LogP contribution in [0.25, 0.3) is 0 Å². The Morgan fingerprint density at radius 3 is 2.23 bits per heavy atom. The van der Waals surface area contributed by atoms with Gasteiger partial charge in [-0.2, -0.15) is 0 Å². The van der Waals surface area contributed by atoms with Crippen LogP contribution in [0.4, 0.5) is 0 Å². The molecule has 39 heavy (non-hydrogen) atoms. The van der Waals surface area contributed by atoms with Crippen molar-refractivity contribution >= 4 is 17.6 Å². The molecular weight excluding hydrogens is 516 g/mol. The van der Waals surface area contributed by atoms with E-state index in [4.69, 9.17) is 30.5 Å². The maximum atomic E-state index is 13.7. The summed E-state index contributed by atoms with van der Waals surface area (Å²) < 4.78 is 24.4. The summed E-state index contributed by atoms with van der Waals surface area (Å²) in [7, 11) is 0. The first-order chi connectivity index (χ1) is 19.0. The van der Waals surface area contributed by atoms with Gasteiger partial charge in [0, 0.05) is 18.9 Å². The van der Waals surface area contributed by atoms with Crippen molar-refractivity contribution < 1.29 is 28.8 Å². The molecule has 3 fully saturated rings. The molecule has 2 aliphatic carbocycles. The molecule has 0 aromatic heterocycles. The standard InChI is InChI=1S/C32H45ClO6/c1-21-16-27-26(39-27)15-9-8-14-24(34)17-25-30(32(35)38-21)28(36-19-22-10-4-2-5-11-22)18-29(31(25)33)37-20-23-12-6-3-7-13-23/h8,14,18,21-24,26-27,34H,2-7,9-13,15-17,19-20H2,1H3/b14-8+/t21-,24+,26+,27+/m1/s1. The molecule has 1 aromatic carbocycles. The number of hydrogen-bond donors (Lipinski definition) is 1. The molecule has 2 saturated carbocycles. The lowest BCUT2D eigenvalue weighted by molar-refractivity contribution is 0.0302. The Kier molecular flexibility index (Phi) is 10.1. The van der Waals surface area contributed by atoms with Gasteiger partial charge in [0.15, 0.2) is 0 Å². The number of fused-ring (bicyclic) bond motifs is 2. The molecule has 4 aliphatic rings. The molecule has 5 rings (SSSR count). The van der Waals surface area contributed by atoms with Gasteiger partial charge in [-0.15, -0.1) is 0 Å². The minimum atomic E-state index is -0.801. The van der Waals surface area contributed by atoms with Crippen molar-refractivity contribution in [1.82, 2.24) is 0 Å². The van der Waals surface area contributed by atoms with E-state index < -0.39 is 12.1 Å². The molecule has 6 nitrogen and oxygen atoms in total. The lowest BCUT2D eigenvalue weighted by atomic mass is 9.90. The van der Waals surface area contributed by atoms with Crippen molar-refractivity contribution in [2.75, 3.05) is 13.2 Å². The number of benzene rings is 1. The Bertz CT molecular complexity index is 997. The van der Waals surface area contributed by atoms with Crippen molar-refractivity contribution in [3.05, 3.63) is 34.4 Å². The SMILES string of the molecule is C[C@@H]1C[C@@H]2O[C@H]2CC/C=C/[C@H](O)Cc2c(Cl)c(OCC3CCCCC3)cc(OCC3CCCCC3)c2C(=O)O1. The summed E-state index contributed by atoms with van der Waals surface area (Å²) in [6, 6.07) is 1.78. The van der Waals surface area contributed by atoms with Gasteiger partial charge in [0.1, 0.15) is 23.2 Å². The number of esters is 1. The van der Waals surface area contributed by atoms with E-state index in [1.54, 1.807) is 12.1 Å². The van der Waals surface area contributed by atoms with Crippen LogP contribution in [-0.2, 0) is 15.9 Å².